The Morgan fingerprint density at radius 3 is 2.57 bits per heavy atom. The molecule has 6 heteroatoms. The Hall–Kier alpha value is -0.620. The molecule has 1 rings (SSSR count). The highest BCUT2D eigenvalue weighted by Gasteiger charge is 2.38. The molecule has 124 valence electrons. The number of methoxy groups -OCH3 is 1. The van der Waals surface area contributed by atoms with Crippen LogP contribution in [0, 0.1) is 5.92 Å². The van der Waals surface area contributed by atoms with E-state index >= 15 is 0 Å². The summed E-state index contributed by atoms with van der Waals surface area (Å²) in [6, 6.07) is 0.0235. The molecule has 1 N–H and O–H groups in total. The largest absolute Gasteiger partial charge is 0.469 e. The van der Waals surface area contributed by atoms with Crippen LogP contribution in [0.1, 0.15) is 52.4 Å². The molecule has 0 aromatic carbocycles. The van der Waals surface area contributed by atoms with Crippen molar-refractivity contribution in [1.29, 1.82) is 0 Å². The average Bonchev–Trinajstić information content (AvgIpc) is 2.50. The first-order valence-electron chi connectivity index (χ1n) is 7.96. The molecule has 1 saturated carbocycles. The fourth-order valence-electron chi connectivity index (χ4n) is 3.02. The zero-order chi connectivity index (χ0) is 15.9. The van der Waals surface area contributed by atoms with Gasteiger partial charge < -0.3 is 10.1 Å². The summed E-state index contributed by atoms with van der Waals surface area (Å²) in [5, 5.41) is 3.01. The van der Waals surface area contributed by atoms with Crippen LogP contribution in [-0.2, 0) is 19.4 Å². The zero-order valence-corrected chi connectivity index (χ0v) is 14.2. The first-order chi connectivity index (χ1) is 9.94. The third kappa shape index (κ3) is 5.58. The van der Waals surface area contributed by atoms with Gasteiger partial charge in [0.25, 0.3) is 0 Å². The van der Waals surface area contributed by atoms with E-state index in [0.29, 0.717) is 12.3 Å². The highest BCUT2D eigenvalue weighted by Crippen LogP contribution is 2.31. The Balaban J connectivity index is 2.76. The van der Waals surface area contributed by atoms with Crippen molar-refractivity contribution in [3.05, 3.63) is 0 Å². The quantitative estimate of drug-likeness (QED) is 0.692. The van der Waals surface area contributed by atoms with Crippen molar-refractivity contribution in [3.63, 3.8) is 0 Å². The van der Waals surface area contributed by atoms with E-state index in [0.717, 1.165) is 32.2 Å². The normalized spacial score (nSPS) is 26.5. The summed E-state index contributed by atoms with van der Waals surface area (Å²) >= 11 is 0. The Labute approximate surface area is 128 Å². The lowest BCUT2D eigenvalue weighted by Gasteiger charge is -2.36. The van der Waals surface area contributed by atoms with Crippen LogP contribution in [0.4, 0.5) is 0 Å². The first kappa shape index (κ1) is 18.4. The standard InChI is InChI=1S/C15H29NO4S/c1-4-9-16-13-7-6-12(5-2)11-14(13)21(18,19)10-8-15(17)20-3/h12-14,16H,4-11H2,1-3H3. The Kier molecular flexibility index (Phi) is 7.66. The second-order valence-electron chi connectivity index (χ2n) is 5.88. The number of sulfone groups is 1. The number of carbonyl (C=O) groups excluding carboxylic acids is 1. The summed E-state index contributed by atoms with van der Waals surface area (Å²) in [5.74, 6) is -0.0903. The molecule has 0 aromatic heterocycles. The monoisotopic (exact) mass is 319 g/mol. The molecule has 1 aliphatic carbocycles. The van der Waals surface area contributed by atoms with E-state index in [1.807, 2.05) is 0 Å². The van der Waals surface area contributed by atoms with Crippen molar-refractivity contribution in [1.82, 2.24) is 5.32 Å². The van der Waals surface area contributed by atoms with Gasteiger partial charge in [0.05, 0.1) is 24.5 Å². The van der Waals surface area contributed by atoms with Crippen LogP contribution in [0.15, 0.2) is 0 Å². The fourth-order valence-corrected chi connectivity index (χ4v) is 5.07. The minimum absolute atomic E-state index is 0.0235. The molecule has 0 aromatic rings. The number of nitrogens with one attached hydrogen (secondary N) is 1. The molecule has 1 fully saturated rings. The molecule has 0 radical (unpaired) electrons. The van der Waals surface area contributed by atoms with Crippen molar-refractivity contribution in [3.8, 4) is 0 Å². The lowest BCUT2D eigenvalue weighted by Crippen LogP contribution is -2.49. The predicted octanol–water partition coefficient (Wildman–Crippen LogP) is 1.91. The SMILES string of the molecule is CCCNC1CCC(CC)CC1S(=O)(=O)CCC(=O)OC. The Bertz CT molecular complexity index is 421. The van der Waals surface area contributed by atoms with Crippen molar-refractivity contribution >= 4 is 15.8 Å². The summed E-state index contributed by atoms with van der Waals surface area (Å²) in [6.07, 6.45) is 4.65. The highest BCUT2D eigenvalue weighted by molar-refractivity contribution is 7.92. The topological polar surface area (TPSA) is 72.5 Å². The third-order valence-electron chi connectivity index (χ3n) is 4.41. The maximum atomic E-state index is 12.6. The number of esters is 1. The maximum Gasteiger partial charge on any atom is 0.306 e. The van der Waals surface area contributed by atoms with Crippen LogP contribution in [-0.4, -0.2) is 45.1 Å². The summed E-state index contributed by atoms with van der Waals surface area (Å²) < 4.78 is 29.7. The minimum atomic E-state index is -3.27. The van der Waals surface area contributed by atoms with Gasteiger partial charge in [-0.25, -0.2) is 8.42 Å². The van der Waals surface area contributed by atoms with Crippen molar-refractivity contribution in [2.45, 2.75) is 63.7 Å². The van der Waals surface area contributed by atoms with E-state index in [1.54, 1.807) is 0 Å². The van der Waals surface area contributed by atoms with Gasteiger partial charge in [0.2, 0.25) is 0 Å². The van der Waals surface area contributed by atoms with Gasteiger partial charge in [0.15, 0.2) is 9.84 Å². The molecule has 0 spiro atoms. The van der Waals surface area contributed by atoms with Crippen LogP contribution >= 0.6 is 0 Å². The number of ether oxygens (including phenoxy) is 1. The highest BCUT2D eigenvalue weighted by atomic mass is 32.2. The first-order valence-corrected chi connectivity index (χ1v) is 9.67. The fraction of sp³-hybridized carbons (Fsp3) is 0.933. The van der Waals surface area contributed by atoms with Crippen molar-refractivity contribution in [2.75, 3.05) is 19.4 Å². The van der Waals surface area contributed by atoms with E-state index in [2.05, 4.69) is 23.9 Å². The van der Waals surface area contributed by atoms with E-state index < -0.39 is 15.8 Å². The summed E-state index contributed by atoms with van der Waals surface area (Å²) in [4.78, 5) is 11.2. The van der Waals surface area contributed by atoms with Gasteiger partial charge in [0.1, 0.15) is 0 Å². The lowest BCUT2D eigenvalue weighted by atomic mass is 9.84. The number of hydrogen-bond donors (Lipinski definition) is 1. The van der Waals surface area contributed by atoms with Gasteiger partial charge in [-0.15, -0.1) is 0 Å². The number of hydrogen-bond acceptors (Lipinski definition) is 5. The minimum Gasteiger partial charge on any atom is -0.469 e. The van der Waals surface area contributed by atoms with Crippen molar-refractivity contribution in [2.24, 2.45) is 5.92 Å². The van der Waals surface area contributed by atoms with E-state index in [1.165, 1.54) is 7.11 Å². The average molecular weight is 319 g/mol. The van der Waals surface area contributed by atoms with Gasteiger partial charge in [-0.05, 0) is 38.1 Å². The zero-order valence-electron chi connectivity index (χ0n) is 13.4. The van der Waals surface area contributed by atoms with Gasteiger partial charge in [-0.3, -0.25) is 4.79 Å². The summed E-state index contributed by atoms with van der Waals surface area (Å²) in [5.41, 5.74) is 0. The molecule has 0 aliphatic heterocycles. The Morgan fingerprint density at radius 2 is 2.00 bits per heavy atom. The van der Waals surface area contributed by atoms with Gasteiger partial charge >= 0.3 is 5.97 Å². The molecule has 0 bridgehead atoms. The molecule has 3 unspecified atom stereocenters. The van der Waals surface area contributed by atoms with Crippen LogP contribution in [0.3, 0.4) is 0 Å². The van der Waals surface area contributed by atoms with Gasteiger partial charge in [-0.1, -0.05) is 20.3 Å². The second-order valence-corrected chi connectivity index (χ2v) is 8.22. The summed E-state index contributed by atoms with van der Waals surface area (Å²) in [7, 11) is -1.99. The number of rotatable bonds is 8. The molecule has 3 atom stereocenters. The molecule has 0 heterocycles. The lowest BCUT2D eigenvalue weighted by molar-refractivity contribution is -0.140. The molecule has 5 nitrogen and oxygen atoms in total. The maximum absolute atomic E-state index is 12.6. The second kappa shape index (κ2) is 8.73. The molecule has 0 saturated heterocycles. The Morgan fingerprint density at radius 1 is 1.29 bits per heavy atom. The molecular formula is C15H29NO4S. The molecule has 21 heavy (non-hydrogen) atoms. The van der Waals surface area contributed by atoms with E-state index in [4.69, 9.17) is 0 Å². The third-order valence-corrected chi connectivity index (χ3v) is 6.63. The molecule has 0 amide bonds. The smallest absolute Gasteiger partial charge is 0.306 e. The van der Waals surface area contributed by atoms with E-state index in [-0.39, 0.29) is 23.5 Å². The van der Waals surface area contributed by atoms with Gasteiger partial charge in [0, 0.05) is 6.04 Å². The van der Waals surface area contributed by atoms with Gasteiger partial charge in [-0.2, -0.15) is 0 Å². The molecular weight excluding hydrogens is 290 g/mol. The van der Waals surface area contributed by atoms with Crippen molar-refractivity contribution < 1.29 is 17.9 Å². The van der Waals surface area contributed by atoms with Crippen LogP contribution in [0.2, 0.25) is 0 Å². The number of carbonyl (C=O) groups is 1. The molecule has 1 aliphatic rings. The van der Waals surface area contributed by atoms with E-state index in [9.17, 15) is 13.2 Å². The van der Waals surface area contributed by atoms with Crippen LogP contribution in [0.25, 0.3) is 0 Å². The predicted molar refractivity (Wildman–Crippen MR) is 83.9 cm³/mol. The van der Waals surface area contributed by atoms with Crippen LogP contribution < -0.4 is 5.32 Å². The van der Waals surface area contributed by atoms with Crippen LogP contribution in [0.5, 0.6) is 0 Å². The summed E-state index contributed by atoms with van der Waals surface area (Å²) in [6.45, 7) is 5.03.